The number of piperidine rings is 1. The second-order valence-corrected chi connectivity index (χ2v) is 12.0. The maximum Gasteiger partial charge on any atom is 0.243 e. The lowest BCUT2D eigenvalue weighted by atomic mass is 9.66. The SMILES string of the molecule is CC(C)(C)c1ccc(S(=O)(=O)N2CCC3=CC(=NO)CC[C@]3(Cc3ccccc3)C2)cc1. The zero-order valence-electron chi connectivity index (χ0n) is 19.1. The molecule has 0 bridgehead atoms. The van der Waals surface area contributed by atoms with Crippen molar-refractivity contribution in [3.8, 4) is 0 Å². The fourth-order valence-corrected chi connectivity index (χ4v) is 6.47. The van der Waals surface area contributed by atoms with Gasteiger partial charge in [-0.3, -0.25) is 0 Å². The number of nitrogens with zero attached hydrogens (tertiary/aromatic N) is 2. The minimum atomic E-state index is -3.60. The minimum absolute atomic E-state index is 0.0269. The maximum atomic E-state index is 13.6. The maximum absolute atomic E-state index is 13.6. The fraction of sp³-hybridized carbons (Fsp3) is 0.423. The van der Waals surface area contributed by atoms with Gasteiger partial charge in [-0.05, 0) is 60.4 Å². The summed E-state index contributed by atoms with van der Waals surface area (Å²) in [5.74, 6) is 0. The average molecular weight is 453 g/mol. The predicted molar refractivity (Wildman–Crippen MR) is 128 cm³/mol. The molecule has 1 saturated heterocycles. The number of oxime groups is 1. The lowest BCUT2D eigenvalue weighted by Gasteiger charge is -2.46. The molecule has 0 unspecified atom stereocenters. The van der Waals surface area contributed by atoms with Gasteiger partial charge in [0, 0.05) is 18.5 Å². The van der Waals surface area contributed by atoms with Crippen LogP contribution in [0.5, 0.6) is 0 Å². The van der Waals surface area contributed by atoms with Crippen molar-refractivity contribution in [3.05, 3.63) is 77.4 Å². The van der Waals surface area contributed by atoms with E-state index in [-0.39, 0.29) is 10.8 Å². The van der Waals surface area contributed by atoms with Gasteiger partial charge in [-0.15, -0.1) is 0 Å². The molecule has 0 aromatic heterocycles. The Morgan fingerprint density at radius 1 is 1.03 bits per heavy atom. The number of hydrogen-bond acceptors (Lipinski definition) is 4. The molecule has 5 nitrogen and oxygen atoms in total. The molecule has 0 spiro atoms. The molecular weight excluding hydrogens is 420 g/mol. The zero-order valence-corrected chi connectivity index (χ0v) is 19.9. The van der Waals surface area contributed by atoms with Crippen LogP contribution in [0, 0.1) is 5.41 Å². The summed E-state index contributed by atoms with van der Waals surface area (Å²) in [5.41, 5.74) is 3.86. The summed E-state index contributed by atoms with van der Waals surface area (Å²) in [4.78, 5) is 0.348. The highest BCUT2D eigenvalue weighted by atomic mass is 32.2. The van der Waals surface area contributed by atoms with Crippen LogP contribution in [0.2, 0.25) is 0 Å². The van der Waals surface area contributed by atoms with E-state index in [9.17, 15) is 13.6 Å². The van der Waals surface area contributed by atoms with Gasteiger partial charge in [-0.1, -0.05) is 74.0 Å². The first-order chi connectivity index (χ1) is 15.1. The molecule has 0 radical (unpaired) electrons. The Hall–Kier alpha value is -2.44. The Kier molecular flexibility index (Phi) is 6.03. The van der Waals surface area contributed by atoms with E-state index in [4.69, 9.17) is 0 Å². The minimum Gasteiger partial charge on any atom is -0.411 e. The van der Waals surface area contributed by atoms with Gasteiger partial charge in [0.25, 0.3) is 0 Å². The molecule has 4 rings (SSSR count). The molecule has 2 aliphatic rings. The molecule has 2 aromatic carbocycles. The van der Waals surface area contributed by atoms with E-state index in [2.05, 4.69) is 38.1 Å². The van der Waals surface area contributed by atoms with E-state index in [1.54, 1.807) is 16.4 Å². The highest BCUT2D eigenvalue weighted by molar-refractivity contribution is 7.89. The van der Waals surface area contributed by atoms with Crippen molar-refractivity contribution >= 4 is 15.7 Å². The molecule has 6 heteroatoms. The summed E-state index contributed by atoms with van der Waals surface area (Å²) in [6.45, 7) is 7.24. The number of sulfonamides is 1. The molecule has 1 atom stereocenters. The van der Waals surface area contributed by atoms with Crippen molar-refractivity contribution in [3.63, 3.8) is 0 Å². The van der Waals surface area contributed by atoms with E-state index >= 15 is 0 Å². The Labute approximate surface area is 191 Å². The van der Waals surface area contributed by atoms with E-state index in [0.29, 0.717) is 36.5 Å². The van der Waals surface area contributed by atoms with Crippen LogP contribution in [0.25, 0.3) is 0 Å². The van der Waals surface area contributed by atoms with Crippen molar-refractivity contribution in [2.75, 3.05) is 13.1 Å². The molecule has 32 heavy (non-hydrogen) atoms. The van der Waals surface area contributed by atoms with E-state index in [1.165, 1.54) is 11.1 Å². The summed E-state index contributed by atoms with van der Waals surface area (Å²) in [6.07, 6.45) is 4.80. The normalized spacial score (nSPS) is 23.6. The highest BCUT2D eigenvalue weighted by Crippen LogP contribution is 2.46. The molecule has 0 saturated carbocycles. The van der Waals surface area contributed by atoms with Crippen LogP contribution >= 0.6 is 0 Å². The van der Waals surface area contributed by atoms with Crippen molar-refractivity contribution < 1.29 is 13.6 Å². The quantitative estimate of drug-likeness (QED) is 0.515. The van der Waals surface area contributed by atoms with Crippen LogP contribution in [-0.2, 0) is 21.9 Å². The first kappa shape index (κ1) is 22.7. The predicted octanol–water partition coefficient (Wildman–Crippen LogP) is 5.16. The lowest BCUT2D eigenvalue weighted by molar-refractivity contribution is 0.196. The summed E-state index contributed by atoms with van der Waals surface area (Å²) in [5, 5.41) is 12.7. The Bertz CT molecular complexity index is 1130. The van der Waals surface area contributed by atoms with Crippen molar-refractivity contribution in [1.29, 1.82) is 0 Å². The molecule has 1 heterocycles. The van der Waals surface area contributed by atoms with Gasteiger partial charge >= 0.3 is 0 Å². The summed E-state index contributed by atoms with van der Waals surface area (Å²) < 4.78 is 28.8. The van der Waals surface area contributed by atoms with E-state index in [1.807, 2.05) is 36.4 Å². The summed E-state index contributed by atoms with van der Waals surface area (Å²) in [6, 6.07) is 17.6. The zero-order chi connectivity index (χ0) is 23.0. The second-order valence-electron chi connectivity index (χ2n) is 10.1. The third-order valence-corrected chi connectivity index (χ3v) is 8.72. The first-order valence-electron chi connectivity index (χ1n) is 11.2. The number of rotatable bonds is 4. The largest absolute Gasteiger partial charge is 0.411 e. The molecule has 2 aromatic rings. The highest BCUT2D eigenvalue weighted by Gasteiger charge is 2.45. The molecular formula is C26H32N2O3S. The first-order valence-corrected chi connectivity index (χ1v) is 12.6. The Balaban J connectivity index is 1.67. The standard InChI is InChI=1S/C26H32N2O3S/c1-25(2,3)21-9-11-24(12-10-21)32(30,31)28-16-14-22-17-23(27-29)13-15-26(22,19-28)18-20-7-5-4-6-8-20/h4-12,17,29H,13-16,18-19H2,1-3H3/t26-/m0/s1. The van der Waals surface area contributed by atoms with Crippen LogP contribution in [0.15, 0.2) is 76.3 Å². The van der Waals surface area contributed by atoms with Gasteiger partial charge in [-0.2, -0.15) is 4.31 Å². The molecule has 170 valence electrons. The Morgan fingerprint density at radius 3 is 2.34 bits per heavy atom. The van der Waals surface area contributed by atoms with Gasteiger partial charge in [0.05, 0.1) is 10.6 Å². The van der Waals surface area contributed by atoms with Crippen LogP contribution in [0.1, 0.15) is 51.2 Å². The van der Waals surface area contributed by atoms with Crippen molar-refractivity contribution in [2.45, 2.75) is 56.8 Å². The van der Waals surface area contributed by atoms with Crippen molar-refractivity contribution in [1.82, 2.24) is 4.31 Å². The second kappa shape index (κ2) is 8.49. The lowest BCUT2D eigenvalue weighted by Crippen LogP contribution is -2.49. The van der Waals surface area contributed by atoms with Gasteiger partial charge in [-0.25, -0.2) is 8.42 Å². The van der Waals surface area contributed by atoms with Crippen LogP contribution in [-0.4, -0.2) is 36.7 Å². The third-order valence-electron chi connectivity index (χ3n) is 6.86. The fourth-order valence-electron chi connectivity index (χ4n) is 4.94. The summed E-state index contributed by atoms with van der Waals surface area (Å²) in [7, 11) is -3.60. The van der Waals surface area contributed by atoms with Gasteiger partial charge in [0.15, 0.2) is 0 Å². The molecule has 1 aliphatic heterocycles. The van der Waals surface area contributed by atoms with Crippen LogP contribution in [0.4, 0.5) is 0 Å². The smallest absolute Gasteiger partial charge is 0.243 e. The number of fused-ring (bicyclic) bond motifs is 1. The van der Waals surface area contributed by atoms with Crippen molar-refractivity contribution in [2.24, 2.45) is 10.6 Å². The van der Waals surface area contributed by atoms with Gasteiger partial charge in [0.1, 0.15) is 0 Å². The average Bonchev–Trinajstić information content (AvgIpc) is 2.78. The number of benzene rings is 2. The monoisotopic (exact) mass is 452 g/mol. The Morgan fingerprint density at radius 2 is 1.72 bits per heavy atom. The number of hydrogen-bond donors (Lipinski definition) is 1. The van der Waals surface area contributed by atoms with Gasteiger partial charge < -0.3 is 5.21 Å². The van der Waals surface area contributed by atoms with Crippen LogP contribution in [0.3, 0.4) is 0 Å². The van der Waals surface area contributed by atoms with E-state index in [0.717, 1.165) is 18.4 Å². The molecule has 1 N–H and O–H groups in total. The molecule has 0 amide bonds. The molecule has 1 aliphatic carbocycles. The topological polar surface area (TPSA) is 70.0 Å². The molecule has 1 fully saturated rings. The van der Waals surface area contributed by atoms with E-state index < -0.39 is 10.0 Å². The van der Waals surface area contributed by atoms with Gasteiger partial charge in [0.2, 0.25) is 10.0 Å². The number of allylic oxidation sites excluding steroid dienone is 1. The summed E-state index contributed by atoms with van der Waals surface area (Å²) >= 11 is 0. The van der Waals surface area contributed by atoms with Crippen LogP contribution < -0.4 is 0 Å². The third kappa shape index (κ3) is 4.39.